The van der Waals surface area contributed by atoms with Gasteiger partial charge < -0.3 is 4.42 Å². The Labute approximate surface area is 180 Å². The molecular weight excluding hydrogens is 418 g/mol. The highest BCUT2D eigenvalue weighted by atomic mass is 32.2. The van der Waals surface area contributed by atoms with Crippen molar-refractivity contribution in [2.75, 3.05) is 0 Å². The number of carbonyl (C=O) groups excluding carboxylic acids is 2. The zero-order valence-electron chi connectivity index (χ0n) is 17.4. The molecule has 31 heavy (non-hydrogen) atoms. The third-order valence-corrected chi connectivity index (χ3v) is 6.05. The minimum Gasteiger partial charge on any atom is -0.466 e. The van der Waals surface area contributed by atoms with Crippen molar-refractivity contribution in [1.29, 1.82) is 0 Å². The number of benzene rings is 2. The second-order valence-electron chi connectivity index (χ2n) is 7.02. The first kappa shape index (κ1) is 22.3. The van der Waals surface area contributed by atoms with Crippen molar-refractivity contribution in [2.24, 2.45) is 0 Å². The van der Waals surface area contributed by atoms with Gasteiger partial charge in [0.05, 0.1) is 10.5 Å². The average Bonchev–Trinajstić information content (AvgIpc) is 3.09. The Balaban J connectivity index is 1.71. The van der Waals surface area contributed by atoms with Crippen molar-refractivity contribution >= 4 is 21.8 Å². The van der Waals surface area contributed by atoms with E-state index in [1.165, 1.54) is 18.2 Å². The molecule has 0 unspecified atom stereocenters. The van der Waals surface area contributed by atoms with Crippen LogP contribution in [-0.4, -0.2) is 20.2 Å². The van der Waals surface area contributed by atoms with Crippen LogP contribution in [0.5, 0.6) is 0 Å². The number of furan rings is 1. The Kier molecular flexibility index (Phi) is 6.57. The van der Waals surface area contributed by atoms with Gasteiger partial charge in [-0.15, -0.1) is 0 Å². The largest absolute Gasteiger partial charge is 0.466 e. The van der Waals surface area contributed by atoms with Gasteiger partial charge in [0.2, 0.25) is 10.0 Å². The molecule has 3 rings (SSSR count). The molecule has 8 nitrogen and oxygen atoms in total. The van der Waals surface area contributed by atoms with Crippen LogP contribution in [0.1, 0.15) is 43.4 Å². The number of carbonyl (C=O) groups is 2. The number of hydrogen-bond acceptors (Lipinski definition) is 5. The van der Waals surface area contributed by atoms with Crippen molar-refractivity contribution in [3.8, 4) is 0 Å². The molecule has 1 heterocycles. The van der Waals surface area contributed by atoms with Gasteiger partial charge in [-0.1, -0.05) is 36.4 Å². The van der Waals surface area contributed by atoms with E-state index in [9.17, 15) is 18.0 Å². The van der Waals surface area contributed by atoms with Crippen LogP contribution in [0.3, 0.4) is 0 Å². The summed E-state index contributed by atoms with van der Waals surface area (Å²) in [7, 11) is -3.84. The van der Waals surface area contributed by atoms with Crippen LogP contribution in [0.4, 0.5) is 0 Å². The lowest BCUT2D eigenvalue weighted by atomic mass is 10.1. The smallest absolute Gasteiger partial charge is 0.273 e. The highest BCUT2D eigenvalue weighted by Crippen LogP contribution is 2.17. The minimum absolute atomic E-state index is 0.0492. The second-order valence-corrected chi connectivity index (χ2v) is 8.79. The van der Waals surface area contributed by atoms with Gasteiger partial charge in [0, 0.05) is 12.1 Å². The highest BCUT2D eigenvalue weighted by molar-refractivity contribution is 7.89. The van der Waals surface area contributed by atoms with Crippen LogP contribution in [0.2, 0.25) is 0 Å². The molecular formula is C22H23N3O5S. The summed E-state index contributed by atoms with van der Waals surface area (Å²) in [6.07, 6.45) is 0. The predicted molar refractivity (Wildman–Crippen MR) is 115 cm³/mol. The third-order valence-electron chi connectivity index (χ3n) is 4.65. The fraction of sp³-hybridized carbons (Fsp3) is 0.182. The summed E-state index contributed by atoms with van der Waals surface area (Å²) in [5.41, 5.74) is 6.43. The Morgan fingerprint density at radius 2 is 1.52 bits per heavy atom. The van der Waals surface area contributed by atoms with E-state index in [0.717, 1.165) is 5.56 Å². The third kappa shape index (κ3) is 5.39. The van der Waals surface area contributed by atoms with Crippen LogP contribution in [-0.2, 0) is 16.6 Å². The molecule has 0 radical (unpaired) electrons. The van der Waals surface area contributed by atoms with Crippen LogP contribution < -0.4 is 15.6 Å². The number of rotatable bonds is 6. The van der Waals surface area contributed by atoms with Gasteiger partial charge in [0.1, 0.15) is 11.5 Å². The molecule has 0 bridgehead atoms. The maximum Gasteiger partial charge on any atom is 0.273 e. The number of nitrogens with one attached hydrogen (secondary N) is 3. The lowest BCUT2D eigenvalue weighted by Crippen LogP contribution is -2.42. The summed E-state index contributed by atoms with van der Waals surface area (Å²) >= 11 is 0. The molecule has 0 saturated carbocycles. The maximum atomic E-state index is 12.7. The SMILES string of the molecule is Cc1cc(C(=O)NNC(=O)c2cc(S(=O)(=O)NCc3ccccc3)ccc2C)c(C)o1. The quantitative estimate of drug-likeness (QED) is 0.509. The zero-order valence-corrected chi connectivity index (χ0v) is 18.2. The first-order valence-electron chi connectivity index (χ1n) is 9.49. The van der Waals surface area contributed by atoms with E-state index in [1.54, 1.807) is 26.8 Å². The fourth-order valence-corrected chi connectivity index (χ4v) is 4.02. The van der Waals surface area contributed by atoms with E-state index in [4.69, 9.17) is 4.42 Å². The Bertz CT molecular complexity index is 1220. The van der Waals surface area contributed by atoms with E-state index in [1.807, 2.05) is 30.3 Å². The molecule has 0 atom stereocenters. The van der Waals surface area contributed by atoms with E-state index in [-0.39, 0.29) is 17.0 Å². The molecule has 162 valence electrons. The lowest BCUT2D eigenvalue weighted by molar-refractivity contribution is 0.0845. The molecule has 9 heteroatoms. The highest BCUT2D eigenvalue weighted by Gasteiger charge is 2.19. The Morgan fingerprint density at radius 1 is 0.871 bits per heavy atom. The first-order valence-corrected chi connectivity index (χ1v) is 11.0. The van der Waals surface area contributed by atoms with Gasteiger partial charge in [-0.3, -0.25) is 20.4 Å². The van der Waals surface area contributed by atoms with Gasteiger partial charge in [-0.05, 0) is 50.1 Å². The Morgan fingerprint density at radius 3 is 2.13 bits per heavy atom. The minimum atomic E-state index is -3.84. The normalized spacial score (nSPS) is 11.2. The van der Waals surface area contributed by atoms with Crippen molar-refractivity contribution in [2.45, 2.75) is 32.2 Å². The predicted octanol–water partition coefficient (Wildman–Crippen LogP) is 2.76. The number of hydrazine groups is 1. The summed E-state index contributed by atoms with van der Waals surface area (Å²) in [6.45, 7) is 5.15. The lowest BCUT2D eigenvalue weighted by Gasteiger charge is -2.12. The van der Waals surface area contributed by atoms with E-state index >= 15 is 0 Å². The molecule has 0 aliphatic heterocycles. The monoisotopic (exact) mass is 441 g/mol. The van der Waals surface area contributed by atoms with Crippen molar-refractivity contribution in [1.82, 2.24) is 15.6 Å². The number of sulfonamides is 1. The van der Waals surface area contributed by atoms with Gasteiger partial charge in [-0.2, -0.15) is 0 Å². The summed E-state index contributed by atoms with van der Waals surface area (Å²) in [6, 6.07) is 14.9. The van der Waals surface area contributed by atoms with Gasteiger partial charge in [0.25, 0.3) is 11.8 Å². The van der Waals surface area contributed by atoms with Crippen molar-refractivity contribution in [3.63, 3.8) is 0 Å². The molecule has 0 aliphatic rings. The first-order chi connectivity index (χ1) is 14.7. The van der Waals surface area contributed by atoms with Crippen LogP contribution >= 0.6 is 0 Å². The van der Waals surface area contributed by atoms with Gasteiger partial charge in [0.15, 0.2) is 0 Å². The standard InChI is InChI=1S/C22H23N3O5S/c1-14-9-10-18(31(28,29)23-13-17-7-5-4-6-8-17)12-19(14)21(26)24-25-22(27)20-11-15(2)30-16(20)3/h4-12,23H,13H2,1-3H3,(H,24,26)(H,25,27). The molecule has 1 aromatic heterocycles. The van der Waals surface area contributed by atoms with Crippen LogP contribution in [0.15, 0.2) is 63.9 Å². The second kappa shape index (κ2) is 9.15. The van der Waals surface area contributed by atoms with Gasteiger partial charge >= 0.3 is 0 Å². The summed E-state index contributed by atoms with van der Waals surface area (Å²) in [4.78, 5) is 24.8. The number of hydrogen-bond donors (Lipinski definition) is 3. The number of amides is 2. The summed E-state index contributed by atoms with van der Waals surface area (Å²) in [5, 5.41) is 0. The molecule has 3 aromatic rings. The van der Waals surface area contributed by atoms with Crippen LogP contribution in [0, 0.1) is 20.8 Å². The van der Waals surface area contributed by atoms with Crippen LogP contribution in [0.25, 0.3) is 0 Å². The summed E-state index contributed by atoms with van der Waals surface area (Å²) in [5.74, 6) is -0.166. The molecule has 0 fully saturated rings. The number of aryl methyl sites for hydroxylation is 3. The maximum absolute atomic E-state index is 12.7. The van der Waals surface area contributed by atoms with E-state index < -0.39 is 21.8 Å². The molecule has 2 aromatic carbocycles. The molecule has 3 N–H and O–H groups in total. The molecule has 0 saturated heterocycles. The fourth-order valence-electron chi connectivity index (χ4n) is 2.97. The molecule has 0 aliphatic carbocycles. The topological polar surface area (TPSA) is 118 Å². The zero-order chi connectivity index (χ0) is 22.6. The van der Waals surface area contributed by atoms with E-state index in [2.05, 4.69) is 15.6 Å². The average molecular weight is 442 g/mol. The Hall–Kier alpha value is -3.43. The summed E-state index contributed by atoms with van der Waals surface area (Å²) < 4.78 is 33.1. The molecule has 0 spiro atoms. The van der Waals surface area contributed by atoms with E-state index in [0.29, 0.717) is 22.6 Å². The molecule has 2 amide bonds. The van der Waals surface area contributed by atoms with Gasteiger partial charge in [-0.25, -0.2) is 13.1 Å². The van der Waals surface area contributed by atoms with Crippen molar-refractivity contribution in [3.05, 3.63) is 88.4 Å². The van der Waals surface area contributed by atoms with Crippen molar-refractivity contribution < 1.29 is 22.4 Å².